The lowest BCUT2D eigenvalue weighted by atomic mass is 9.77. The summed E-state index contributed by atoms with van der Waals surface area (Å²) in [7, 11) is 0. The topological polar surface area (TPSA) is 170 Å². The highest BCUT2D eigenvalue weighted by Crippen LogP contribution is 2.39. The summed E-state index contributed by atoms with van der Waals surface area (Å²) in [4.78, 5) is 35.1. The number of carboxylic acid groups (broad SMARTS) is 1. The molecule has 1 fully saturated rings. The van der Waals surface area contributed by atoms with Crippen LogP contribution in [0.1, 0.15) is 59.8 Å². The number of hydrogen-bond donors (Lipinski definition) is 3. The maximum absolute atomic E-state index is 12.8. The molecule has 0 unspecified atom stereocenters. The number of carbonyl (C=O) groups excluding carboxylic acids is 1. The van der Waals surface area contributed by atoms with Gasteiger partial charge in [0.2, 0.25) is 0 Å². The maximum Gasteiger partial charge on any atom is 0.320 e. The second kappa shape index (κ2) is 12.9. The van der Waals surface area contributed by atoms with Crippen molar-refractivity contribution in [2.45, 2.75) is 44.6 Å². The largest absolute Gasteiger partial charge is 0.489 e. The van der Waals surface area contributed by atoms with Crippen LogP contribution < -0.4 is 15.4 Å². The first-order valence-corrected chi connectivity index (χ1v) is 13.5. The summed E-state index contributed by atoms with van der Waals surface area (Å²) < 4.78 is 11.3. The Kier molecular flexibility index (Phi) is 8.71. The number of carbonyl (C=O) groups is 2. The molecule has 5 rings (SSSR count). The maximum atomic E-state index is 12.8. The predicted octanol–water partition coefficient (Wildman–Crippen LogP) is 6.30. The molecule has 1 heterocycles. The summed E-state index contributed by atoms with van der Waals surface area (Å²) in [5.74, 6) is -1.14. The van der Waals surface area contributed by atoms with Crippen molar-refractivity contribution in [2.24, 2.45) is 5.92 Å². The number of ether oxygens (including phenoxy) is 1. The van der Waals surface area contributed by atoms with Crippen LogP contribution in [0.2, 0.25) is 0 Å². The van der Waals surface area contributed by atoms with Gasteiger partial charge in [-0.25, -0.2) is 0 Å². The number of carboxylic acids is 1. The van der Waals surface area contributed by atoms with Crippen LogP contribution in [0.15, 0.2) is 77.2 Å². The molecule has 1 aliphatic rings. The molecule has 4 aromatic rings. The first-order chi connectivity index (χ1) is 20.3. The van der Waals surface area contributed by atoms with E-state index < -0.39 is 16.8 Å². The molecule has 0 atom stereocenters. The summed E-state index contributed by atoms with van der Waals surface area (Å²) in [6.07, 6.45) is 3.14. The molecule has 0 radical (unpaired) electrons. The van der Waals surface area contributed by atoms with Crippen LogP contribution in [0.3, 0.4) is 0 Å². The summed E-state index contributed by atoms with van der Waals surface area (Å²) in [6, 6.07) is 21.5. The predicted molar refractivity (Wildman–Crippen MR) is 153 cm³/mol. The Labute approximate surface area is 240 Å². The highest BCUT2D eigenvalue weighted by atomic mass is 16.6. The quantitative estimate of drug-likeness (QED) is 0.137. The van der Waals surface area contributed by atoms with Crippen molar-refractivity contribution in [1.82, 2.24) is 10.2 Å². The van der Waals surface area contributed by atoms with E-state index in [0.717, 1.165) is 36.8 Å². The number of nitro groups is 1. The summed E-state index contributed by atoms with van der Waals surface area (Å²) in [5, 5.41) is 33.9. The van der Waals surface area contributed by atoms with Crippen LogP contribution >= 0.6 is 0 Å². The zero-order chi connectivity index (χ0) is 29.5. The second-order valence-electron chi connectivity index (χ2n) is 10.1. The minimum absolute atomic E-state index is 0.00397. The third-order valence-electron chi connectivity index (χ3n) is 7.20. The monoisotopic (exact) mass is 571 g/mol. The molecule has 12 nitrogen and oxygen atoms in total. The fraction of sp³-hybridized carbons (Fsp3) is 0.267. The van der Waals surface area contributed by atoms with E-state index in [-0.39, 0.29) is 41.5 Å². The van der Waals surface area contributed by atoms with Gasteiger partial charge in [-0.3, -0.25) is 19.7 Å². The highest BCUT2D eigenvalue weighted by Gasteiger charge is 2.27. The van der Waals surface area contributed by atoms with Crippen LogP contribution in [-0.4, -0.2) is 32.1 Å². The minimum atomic E-state index is -0.809. The molecule has 0 saturated heterocycles. The Morgan fingerprint density at radius 1 is 1.00 bits per heavy atom. The molecule has 12 heteroatoms. The normalized spacial score (nSPS) is 16.4. The van der Waals surface area contributed by atoms with E-state index in [1.165, 1.54) is 12.1 Å². The number of amides is 1. The number of nitro benzene ring substituents is 1. The molecule has 0 aliphatic heterocycles. The van der Waals surface area contributed by atoms with Crippen molar-refractivity contribution < 1.29 is 28.8 Å². The van der Waals surface area contributed by atoms with E-state index in [0.29, 0.717) is 18.0 Å². The average Bonchev–Trinajstić information content (AvgIpc) is 3.46. The Balaban J connectivity index is 1.20. The number of rotatable bonds is 11. The molecule has 1 amide bonds. The molecule has 216 valence electrons. The van der Waals surface area contributed by atoms with Crippen molar-refractivity contribution in [1.29, 1.82) is 0 Å². The van der Waals surface area contributed by atoms with Gasteiger partial charge in [0, 0.05) is 24.2 Å². The fourth-order valence-corrected chi connectivity index (χ4v) is 5.08. The van der Waals surface area contributed by atoms with E-state index in [4.69, 9.17) is 14.3 Å². The number of nitrogens with zero attached hydrogens (tertiary/aromatic N) is 3. The van der Waals surface area contributed by atoms with Crippen LogP contribution in [0, 0.1) is 16.0 Å². The van der Waals surface area contributed by atoms with Crippen LogP contribution in [0.5, 0.6) is 5.75 Å². The van der Waals surface area contributed by atoms with Crippen molar-refractivity contribution in [2.75, 3.05) is 10.6 Å². The fourth-order valence-electron chi connectivity index (χ4n) is 5.08. The zero-order valence-corrected chi connectivity index (χ0v) is 22.6. The van der Waals surface area contributed by atoms with Gasteiger partial charge < -0.3 is 24.9 Å². The molecular formula is C30H29N5O7. The molecule has 42 heavy (non-hydrogen) atoms. The summed E-state index contributed by atoms with van der Waals surface area (Å²) in [6.45, 7) is 0.399. The Bertz CT molecular complexity index is 1570. The minimum Gasteiger partial charge on any atom is -0.489 e. The van der Waals surface area contributed by atoms with Crippen LogP contribution in [-0.2, 0) is 11.4 Å². The average molecular weight is 572 g/mol. The lowest BCUT2D eigenvalue weighted by Gasteiger charge is -2.28. The molecule has 3 aromatic carbocycles. The molecule has 1 aromatic heterocycles. The summed E-state index contributed by atoms with van der Waals surface area (Å²) >= 11 is 0. The van der Waals surface area contributed by atoms with Crippen molar-refractivity contribution in [3.63, 3.8) is 0 Å². The zero-order valence-electron chi connectivity index (χ0n) is 22.6. The number of aromatic nitrogens is 2. The molecule has 1 aliphatic carbocycles. The standard InChI is InChI=1S/C30H29N5O7/c36-27(37)15-19-9-11-21(12-10-19)22-13-14-25(26(16-22)35(39)40)32-28(38)29-33-34-30(42-29)31-23-7-4-8-24(17-23)41-18-20-5-2-1-3-6-20/h1-8,13-14,16-17,19,21H,9-12,15,18H2,(H,31,34)(H,32,38)(H,36,37)/t19-,21-. The Morgan fingerprint density at radius 3 is 2.52 bits per heavy atom. The van der Waals surface area contributed by atoms with E-state index in [9.17, 15) is 19.7 Å². The van der Waals surface area contributed by atoms with Gasteiger partial charge in [0.15, 0.2) is 0 Å². The van der Waals surface area contributed by atoms with Crippen LogP contribution in [0.4, 0.5) is 23.1 Å². The SMILES string of the molecule is O=C(O)C[C@H]1CC[C@H](c2ccc(NC(=O)c3nnc(Nc4cccc(OCc5ccccc5)c4)o3)c([N+](=O)[O-])c2)CC1. The highest BCUT2D eigenvalue weighted by molar-refractivity contribution is 6.02. The van der Waals surface area contributed by atoms with E-state index in [2.05, 4.69) is 20.8 Å². The van der Waals surface area contributed by atoms with E-state index in [1.807, 2.05) is 36.4 Å². The smallest absolute Gasteiger partial charge is 0.320 e. The number of hydrogen-bond acceptors (Lipinski definition) is 9. The Morgan fingerprint density at radius 2 is 1.79 bits per heavy atom. The van der Waals surface area contributed by atoms with Gasteiger partial charge in [-0.1, -0.05) is 47.6 Å². The first kappa shape index (κ1) is 28.3. The lowest BCUT2D eigenvalue weighted by Crippen LogP contribution is -2.17. The second-order valence-corrected chi connectivity index (χ2v) is 10.1. The molecule has 1 saturated carbocycles. The van der Waals surface area contributed by atoms with Crippen LogP contribution in [0.25, 0.3) is 0 Å². The number of aliphatic carboxylic acids is 1. The van der Waals surface area contributed by atoms with Crippen molar-refractivity contribution in [3.05, 3.63) is 99.9 Å². The van der Waals surface area contributed by atoms with Crippen molar-refractivity contribution in [3.8, 4) is 5.75 Å². The van der Waals surface area contributed by atoms with Gasteiger partial charge in [0.1, 0.15) is 18.0 Å². The molecular weight excluding hydrogens is 542 g/mol. The molecule has 0 bridgehead atoms. The van der Waals surface area contributed by atoms with Gasteiger partial charge in [-0.05, 0) is 66.8 Å². The van der Waals surface area contributed by atoms with Gasteiger partial charge >= 0.3 is 23.8 Å². The third kappa shape index (κ3) is 7.27. The molecule has 0 spiro atoms. The Hall–Kier alpha value is -5.26. The van der Waals surface area contributed by atoms with Crippen molar-refractivity contribution >= 4 is 35.0 Å². The molecule has 3 N–H and O–H groups in total. The number of nitrogens with one attached hydrogen (secondary N) is 2. The summed E-state index contributed by atoms with van der Waals surface area (Å²) in [5.41, 5.74) is 2.16. The lowest BCUT2D eigenvalue weighted by molar-refractivity contribution is -0.384. The van der Waals surface area contributed by atoms with Gasteiger partial charge in [0.05, 0.1) is 4.92 Å². The first-order valence-electron chi connectivity index (χ1n) is 13.5. The van der Waals surface area contributed by atoms with E-state index in [1.54, 1.807) is 24.3 Å². The van der Waals surface area contributed by atoms with Gasteiger partial charge in [-0.15, -0.1) is 5.10 Å². The van der Waals surface area contributed by atoms with Gasteiger partial charge in [0.25, 0.3) is 5.69 Å². The number of benzene rings is 3. The number of anilines is 3. The third-order valence-corrected chi connectivity index (χ3v) is 7.20. The van der Waals surface area contributed by atoms with E-state index >= 15 is 0 Å². The van der Waals surface area contributed by atoms with Gasteiger partial charge in [-0.2, -0.15) is 0 Å².